The quantitative estimate of drug-likeness (QED) is 0.865. The highest BCUT2D eigenvalue weighted by atomic mass is 19.4. The summed E-state index contributed by atoms with van der Waals surface area (Å²) in [5.41, 5.74) is 6.05. The van der Waals surface area contributed by atoms with E-state index in [1.165, 1.54) is 25.0 Å². The molecule has 1 aliphatic rings. The lowest BCUT2D eigenvalue weighted by Crippen LogP contribution is -2.38. The third-order valence-electron chi connectivity index (χ3n) is 3.99. The normalized spacial score (nSPS) is 17.5. The van der Waals surface area contributed by atoms with Crippen LogP contribution >= 0.6 is 0 Å². The van der Waals surface area contributed by atoms with Gasteiger partial charge < -0.3 is 5.73 Å². The highest BCUT2D eigenvalue weighted by molar-refractivity contribution is 5.28. The molecule has 1 fully saturated rings. The van der Waals surface area contributed by atoms with Crippen molar-refractivity contribution in [3.8, 4) is 0 Å². The van der Waals surface area contributed by atoms with Gasteiger partial charge in [-0.05, 0) is 50.3 Å². The van der Waals surface area contributed by atoms with Gasteiger partial charge in [0.1, 0.15) is 0 Å². The predicted octanol–water partition coefficient (Wildman–Crippen LogP) is 3.83. The molecule has 2 rings (SSSR count). The summed E-state index contributed by atoms with van der Waals surface area (Å²) < 4.78 is 38.3. The summed E-state index contributed by atoms with van der Waals surface area (Å²) in [5.74, 6) is 0.737. The monoisotopic (exact) mass is 300 g/mol. The number of halogens is 3. The van der Waals surface area contributed by atoms with Crippen molar-refractivity contribution in [1.82, 2.24) is 4.90 Å². The molecule has 0 aromatic heterocycles. The first-order chi connectivity index (χ1) is 9.77. The molecule has 0 amide bonds. The van der Waals surface area contributed by atoms with Gasteiger partial charge in [-0.25, -0.2) is 0 Å². The third-order valence-corrected chi connectivity index (χ3v) is 3.99. The van der Waals surface area contributed by atoms with Gasteiger partial charge in [-0.1, -0.05) is 12.1 Å². The van der Waals surface area contributed by atoms with Crippen LogP contribution in [0.15, 0.2) is 24.3 Å². The van der Waals surface area contributed by atoms with Crippen molar-refractivity contribution < 1.29 is 13.2 Å². The minimum atomic E-state index is -4.32. The lowest BCUT2D eigenvalue weighted by Gasteiger charge is -2.29. The van der Waals surface area contributed by atoms with E-state index in [4.69, 9.17) is 5.73 Å². The molecule has 0 saturated heterocycles. The molecule has 2 nitrogen and oxygen atoms in total. The zero-order valence-electron chi connectivity index (χ0n) is 12.5. The van der Waals surface area contributed by atoms with Gasteiger partial charge in [-0.3, -0.25) is 4.90 Å². The second-order valence-electron chi connectivity index (χ2n) is 6.22. The van der Waals surface area contributed by atoms with Gasteiger partial charge in [0.25, 0.3) is 0 Å². The number of alkyl halides is 3. The molecule has 1 aromatic carbocycles. The number of nitrogens with two attached hydrogens (primary N) is 1. The topological polar surface area (TPSA) is 29.3 Å². The Kier molecular flexibility index (Phi) is 4.94. The lowest BCUT2D eigenvalue weighted by molar-refractivity contribution is -0.137. The Bertz CT molecular complexity index is 467. The molecule has 0 heterocycles. The molecule has 0 spiro atoms. The van der Waals surface area contributed by atoms with Crippen molar-refractivity contribution in [2.75, 3.05) is 13.1 Å². The molecule has 1 unspecified atom stereocenters. The third kappa shape index (κ3) is 4.71. The summed E-state index contributed by atoms with van der Waals surface area (Å²) >= 11 is 0. The Labute approximate surface area is 124 Å². The maximum Gasteiger partial charge on any atom is 0.416 e. The van der Waals surface area contributed by atoms with Crippen molar-refractivity contribution in [2.24, 2.45) is 11.7 Å². The molecule has 21 heavy (non-hydrogen) atoms. The Morgan fingerprint density at radius 2 is 1.95 bits per heavy atom. The van der Waals surface area contributed by atoms with Crippen LogP contribution in [0.1, 0.15) is 43.9 Å². The second-order valence-corrected chi connectivity index (χ2v) is 6.22. The average molecular weight is 300 g/mol. The fourth-order valence-corrected chi connectivity index (χ4v) is 2.43. The minimum Gasteiger partial charge on any atom is -0.323 e. The molecule has 1 saturated carbocycles. The van der Waals surface area contributed by atoms with E-state index in [0.29, 0.717) is 18.2 Å². The minimum absolute atomic E-state index is 0.349. The first-order valence-electron chi connectivity index (χ1n) is 7.44. The SMILES string of the molecule is CC(C)N(CC1CC1)CC(N)c1cccc(C(F)(F)F)c1. The molecule has 0 bridgehead atoms. The van der Waals surface area contributed by atoms with Crippen LogP contribution in [0.2, 0.25) is 0 Å². The van der Waals surface area contributed by atoms with Gasteiger partial charge in [-0.2, -0.15) is 13.2 Å². The Morgan fingerprint density at radius 3 is 2.48 bits per heavy atom. The van der Waals surface area contributed by atoms with Gasteiger partial charge in [0.2, 0.25) is 0 Å². The van der Waals surface area contributed by atoms with E-state index in [0.717, 1.165) is 18.5 Å². The highest BCUT2D eigenvalue weighted by Crippen LogP contribution is 2.32. The van der Waals surface area contributed by atoms with Crippen LogP contribution in [0.25, 0.3) is 0 Å². The van der Waals surface area contributed by atoms with E-state index in [-0.39, 0.29) is 0 Å². The summed E-state index contributed by atoms with van der Waals surface area (Å²) in [6.45, 7) is 5.78. The van der Waals surface area contributed by atoms with Crippen LogP contribution in [0.3, 0.4) is 0 Å². The van der Waals surface area contributed by atoms with Crippen molar-refractivity contribution in [3.05, 3.63) is 35.4 Å². The highest BCUT2D eigenvalue weighted by Gasteiger charge is 2.31. The Hall–Kier alpha value is -1.07. The fraction of sp³-hybridized carbons (Fsp3) is 0.625. The number of hydrogen-bond donors (Lipinski definition) is 1. The molecule has 1 aliphatic carbocycles. The van der Waals surface area contributed by atoms with Gasteiger partial charge in [0, 0.05) is 25.2 Å². The summed E-state index contributed by atoms with van der Waals surface area (Å²) in [6.07, 6.45) is -1.81. The number of rotatable bonds is 6. The van der Waals surface area contributed by atoms with Crippen LogP contribution in [-0.4, -0.2) is 24.0 Å². The molecule has 0 aliphatic heterocycles. The van der Waals surface area contributed by atoms with E-state index in [9.17, 15) is 13.2 Å². The van der Waals surface area contributed by atoms with Crippen molar-refractivity contribution in [3.63, 3.8) is 0 Å². The largest absolute Gasteiger partial charge is 0.416 e. The van der Waals surface area contributed by atoms with Gasteiger partial charge in [-0.15, -0.1) is 0 Å². The zero-order chi connectivity index (χ0) is 15.6. The van der Waals surface area contributed by atoms with E-state index < -0.39 is 17.8 Å². The van der Waals surface area contributed by atoms with Crippen LogP contribution in [0.4, 0.5) is 13.2 Å². The molecule has 1 aromatic rings. The maximum absolute atomic E-state index is 12.8. The molecule has 0 radical (unpaired) electrons. The van der Waals surface area contributed by atoms with E-state index >= 15 is 0 Å². The Balaban J connectivity index is 2.05. The summed E-state index contributed by atoms with van der Waals surface area (Å²) in [6, 6.07) is 5.31. The number of hydrogen-bond acceptors (Lipinski definition) is 2. The van der Waals surface area contributed by atoms with Crippen LogP contribution in [0, 0.1) is 5.92 Å². The number of benzene rings is 1. The van der Waals surface area contributed by atoms with Gasteiger partial charge in [0.15, 0.2) is 0 Å². The van der Waals surface area contributed by atoms with E-state index in [1.54, 1.807) is 6.07 Å². The summed E-state index contributed by atoms with van der Waals surface area (Å²) in [5, 5.41) is 0. The standard InChI is InChI=1S/C16H23F3N2/c1-11(2)21(9-12-6-7-12)10-15(20)13-4-3-5-14(8-13)16(17,18)19/h3-5,8,11-12,15H,6-7,9-10,20H2,1-2H3. The summed E-state index contributed by atoms with van der Waals surface area (Å²) in [4.78, 5) is 2.27. The Morgan fingerprint density at radius 1 is 1.29 bits per heavy atom. The van der Waals surface area contributed by atoms with Crippen molar-refractivity contribution in [1.29, 1.82) is 0 Å². The summed E-state index contributed by atoms with van der Waals surface area (Å²) in [7, 11) is 0. The average Bonchev–Trinajstić information content (AvgIpc) is 3.21. The maximum atomic E-state index is 12.8. The van der Waals surface area contributed by atoms with Crippen molar-refractivity contribution in [2.45, 2.75) is 44.9 Å². The van der Waals surface area contributed by atoms with Gasteiger partial charge >= 0.3 is 6.18 Å². The predicted molar refractivity (Wildman–Crippen MR) is 77.8 cm³/mol. The second kappa shape index (κ2) is 6.36. The molecular formula is C16H23F3N2. The van der Waals surface area contributed by atoms with E-state index in [2.05, 4.69) is 18.7 Å². The van der Waals surface area contributed by atoms with Crippen LogP contribution < -0.4 is 5.73 Å². The zero-order valence-corrected chi connectivity index (χ0v) is 12.5. The fourth-order valence-electron chi connectivity index (χ4n) is 2.43. The smallest absolute Gasteiger partial charge is 0.323 e. The molecule has 2 N–H and O–H groups in total. The first-order valence-corrected chi connectivity index (χ1v) is 7.44. The number of nitrogens with zero attached hydrogens (tertiary/aromatic N) is 1. The van der Waals surface area contributed by atoms with Crippen LogP contribution in [-0.2, 0) is 6.18 Å². The first kappa shape index (κ1) is 16.3. The molecule has 118 valence electrons. The van der Waals surface area contributed by atoms with E-state index in [1.807, 2.05) is 0 Å². The van der Waals surface area contributed by atoms with Crippen LogP contribution in [0.5, 0.6) is 0 Å². The van der Waals surface area contributed by atoms with Gasteiger partial charge in [0.05, 0.1) is 5.56 Å². The molecular weight excluding hydrogens is 277 g/mol. The lowest BCUT2D eigenvalue weighted by atomic mass is 10.0. The molecule has 5 heteroatoms. The molecule has 1 atom stereocenters. The van der Waals surface area contributed by atoms with Crippen molar-refractivity contribution >= 4 is 0 Å².